The van der Waals surface area contributed by atoms with Crippen molar-refractivity contribution in [1.82, 2.24) is 5.43 Å². The Balaban J connectivity index is 1.36. The monoisotopic (exact) mass is 458 g/mol. The lowest BCUT2D eigenvalue weighted by Crippen LogP contribution is -2.19. The minimum Gasteiger partial charge on any atom is -0.493 e. The van der Waals surface area contributed by atoms with Crippen LogP contribution >= 0.6 is 11.6 Å². The van der Waals surface area contributed by atoms with E-state index < -0.39 is 0 Å². The van der Waals surface area contributed by atoms with Crippen LogP contribution in [0, 0.1) is 0 Å². The molecule has 166 valence electrons. The first-order chi connectivity index (χ1) is 16.1. The quantitative estimate of drug-likeness (QED) is 0.269. The van der Waals surface area contributed by atoms with E-state index in [-0.39, 0.29) is 12.3 Å². The molecule has 0 radical (unpaired) electrons. The second kappa shape index (κ2) is 10.7. The summed E-state index contributed by atoms with van der Waals surface area (Å²) >= 11 is 5.92. The molecule has 0 atom stereocenters. The highest BCUT2D eigenvalue weighted by Gasteiger charge is 2.08. The number of fused-ring (bicyclic) bond motifs is 1. The largest absolute Gasteiger partial charge is 0.493 e. The lowest BCUT2D eigenvalue weighted by atomic mass is 10.0. The summed E-state index contributed by atoms with van der Waals surface area (Å²) in [5.74, 6) is 1.01. The van der Waals surface area contributed by atoms with E-state index in [1.165, 1.54) is 0 Å². The van der Waals surface area contributed by atoms with Gasteiger partial charge in [-0.1, -0.05) is 66.2 Å². The van der Waals surface area contributed by atoms with E-state index in [1.54, 1.807) is 19.4 Å². The second-order valence-corrected chi connectivity index (χ2v) is 7.87. The summed E-state index contributed by atoms with van der Waals surface area (Å²) in [7, 11) is 1.58. The number of carbonyl (C=O) groups excluding carboxylic acids is 1. The fourth-order valence-corrected chi connectivity index (χ4v) is 3.59. The second-order valence-electron chi connectivity index (χ2n) is 7.43. The fourth-order valence-electron chi connectivity index (χ4n) is 3.46. The van der Waals surface area contributed by atoms with Gasteiger partial charge in [-0.15, -0.1) is 0 Å². The molecule has 0 saturated heterocycles. The van der Waals surface area contributed by atoms with Gasteiger partial charge in [0.2, 0.25) is 5.91 Å². The summed E-state index contributed by atoms with van der Waals surface area (Å²) in [5, 5.41) is 6.95. The molecule has 0 aromatic heterocycles. The third kappa shape index (κ3) is 5.90. The maximum Gasteiger partial charge on any atom is 0.244 e. The van der Waals surface area contributed by atoms with Crippen molar-refractivity contribution >= 4 is 34.5 Å². The van der Waals surface area contributed by atoms with Crippen LogP contribution in [0.3, 0.4) is 0 Å². The Labute approximate surface area is 197 Å². The molecule has 0 aliphatic carbocycles. The molecule has 6 heteroatoms. The Bertz CT molecular complexity index is 1280. The van der Waals surface area contributed by atoms with E-state index in [2.05, 4.69) is 10.5 Å². The van der Waals surface area contributed by atoms with Gasteiger partial charge in [0.25, 0.3) is 0 Å². The number of rotatable bonds is 8. The van der Waals surface area contributed by atoms with Gasteiger partial charge in [-0.25, -0.2) is 5.43 Å². The average Bonchev–Trinajstić information content (AvgIpc) is 2.84. The molecule has 0 unspecified atom stereocenters. The molecule has 0 heterocycles. The van der Waals surface area contributed by atoms with Crippen LogP contribution in [0.25, 0.3) is 10.8 Å². The van der Waals surface area contributed by atoms with Crippen LogP contribution in [-0.2, 0) is 17.8 Å². The number of nitrogens with one attached hydrogen (secondary N) is 1. The number of hydrogen-bond acceptors (Lipinski definition) is 4. The first-order valence-electron chi connectivity index (χ1n) is 10.5. The number of ether oxygens (including phenoxy) is 2. The van der Waals surface area contributed by atoms with Crippen LogP contribution in [0.1, 0.15) is 16.7 Å². The van der Waals surface area contributed by atoms with E-state index in [9.17, 15) is 4.79 Å². The molecule has 4 aromatic carbocycles. The molecule has 0 bridgehead atoms. The number of methoxy groups -OCH3 is 1. The summed E-state index contributed by atoms with van der Waals surface area (Å²) in [6, 6.07) is 26.9. The lowest BCUT2D eigenvalue weighted by Gasteiger charge is -2.11. The van der Waals surface area contributed by atoms with Gasteiger partial charge in [0.1, 0.15) is 6.61 Å². The summed E-state index contributed by atoms with van der Waals surface area (Å²) in [4.78, 5) is 12.4. The van der Waals surface area contributed by atoms with E-state index in [0.717, 1.165) is 27.5 Å². The van der Waals surface area contributed by atoms with Gasteiger partial charge in [0, 0.05) is 5.02 Å². The molecule has 5 nitrogen and oxygen atoms in total. The number of hydrogen-bond donors (Lipinski definition) is 1. The molecule has 1 amide bonds. The minimum atomic E-state index is -0.183. The van der Waals surface area contributed by atoms with Gasteiger partial charge in [-0.05, 0) is 57.8 Å². The molecule has 1 N–H and O–H groups in total. The Kier molecular flexibility index (Phi) is 7.22. The topological polar surface area (TPSA) is 59.9 Å². The Hall–Kier alpha value is -3.83. The number of benzene rings is 4. The van der Waals surface area contributed by atoms with Gasteiger partial charge in [-0.3, -0.25) is 4.79 Å². The minimum absolute atomic E-state index is 0.183. The van der Waals surface area contributed by atoms with Crippen LogP contribution in [0.4, 0.5) is 0 Å². The van der Waals surface area contributed by atoms with Crippen molar-refractivity contribution < 1.29 is 14.3 Å². The normalized spacial score (nSPS) is 11.0. The number of carbonyl (C=O) groups is 1. The number of hydrazone groups is 1. The summed E-state index contributed by atoms with van der Waals surface area (Å²) in [6.45, 7) is 0.394. The van der Waals surface area contributed by atoms with Gasteiger partial charge >= 0.3 is 0 Å². The number of halogens is 1. The van der Waals surface area contributed by atoms with Gasteiger partial charge < -0.3 is 9.47 Å². The highest BCUT2D eigenvalue weighted by atomic mass is 35.5. The van der Waals surface area contributed by atoms with Gasteiger partial charge in [-0.2, -0.15) is 5.10 Å². The Morgan fingerprint density at radius 3 is 2.58 bits per heavy atom. The third-order valence-corrected chi connectivity index (χ3v) is 5.38. The van der Waals surface area contributed by atoms with Crippen molar-refractivity contribution in [2.24, 2.45) is 5.10 Å². The summed E-state index contributed by atoms with van der Waals surface area (Å²) < 4.78 is 11.3. The SMILES string of the molecule is COc1cc(/C=N\NC(=O)Cc2cccc3ccccc23)ccc1OCc1ccc(Cl)cc1. The molecule has 4 aromatic rings. The van der Waals surface area contributed by atoms with Crippen molar-refractivity contribution in [1.29, 1.82) is 0 Å². The molecule has 33 heavy (non-hydrogen) atoms. The van der Waals surface area contributed by atoms with Gasteiger partial charge in [0.15, 0.2) is 11.5 Å². The molecule has 0 fully saturated rings. The standard InChI is InChI=1S/C27H23ClN2O3/c1-32-26-15-20(11-14-25(26)33-18-19-9-12-23(28)13-10-19)17-29-30-27(31)16-22-7-4-6-21-5-2-3-8-24(21)22/h2-15,17H,16,18H2,1H3,(H,30,31)/b29-17-. The van der Waals surface area contributed by atoms with Crippen molar-refractivity contribution in [3.8, 4) is 11.5 Å². The lowest BCUT2D eigenvalue weighted by molar-refractivity contribution is -0.120. The molecule has 0 aliphatic rings. The number of nitrogens with zero attached hydrogens (tertiary/aromatic N) is 1. The first-order valence-corrected chi connectivity index (χ1v) is 10.8. The molecule has 0 saturated carbocycles. The average molecular weight is 459 g/mol. The van der Waals surface area contributed by atoms with Crippen LogP contribution in [0.5, 0.6) is 11.5 Å². The smallest absolute Gasteiger partial charge is 0.244 e. The van der Waals surface area contributed by atoms with E-state index >= 15 is 0 Å². The molecule has 0 aliphatic heterocycles. The van der Waals surface area contributed by atoms with Crippen molar-refractivity contribution in [3.63, 3.8) is 0 Å². The first kappa shape index (κ1) is 22.4. The predicted molar refractivity (Wildman–Crippen MR) is 132 cm³/mol. The van der Waals surface area contributed by atoms with Crippen molar-refractivity contribution in [2.45, 2.75) is 13.0 Å². The van der Waals surface area contributed by atoms with Crippen LogP contribution in [0.15, 0.2) is 90.0 Å². The van der Waals surface area contributed by atoms with Crippen LogP contribution in [0.2, 0.25) is 5.02 Å². The fraction of sp³-hybridized carbons (Fsp3) is 0.111. The molecule has 4 rings (SSSR count). The maximum atomic E-state index is 12.4. The summed E-state index contributed by atoms with van der Waals surface area (Å²) in [6.07, 6.45) is 1.83. The van der Waals surface area contributed by atoms with Crippen LogP contribution in [-0.4, -0.2) is 19.2 Å². The van der Waals surface area contributed by atoms with Gasteiger partial charge in [0.05, 0.1) is 19.7 Å². The third-order valence-electron chi connectivity index (χ3n) is 5.13. The van der Waals surface area contributed by atoms with Crippen LogP contribution < -0.4 is 14.9 Å². The predicted octanol–water partition coefficient (Wildman–Crippen LogP) is 5.77. The Morgan fingerprint density at radius 1 is 0.970 bits per heavy atom. The van der Waals surface area contributed by atoms with E-state index in [4.69, 9.17) is 21.1 Å². The molecule has 0 spiro atoms. The summed E-state index contributed by atoms with van der Waals surface area (Å²) in [5.41, 5.74) is 5.33. The zero-order valence-electron chi connectivity index (χ0n) is 18.1. The zero-order valence-corrected chi connectivity index (χ0v) is 18.9. The Morgan fingerprint density at radius 2 is 1.76 bits per heavy atom. The van der Waals surface area contributed by atoms with E-state index in [1.807, 2.05) is 78.9 Å². The zero-order chi connectivity index (χ0) is 23.0. The molecular weight excluding hydrogens is 436 g/mol. The number of amides is 1. The van der Waals surface area contributed by atoms with E-state index in [0.29, 0.717) is 23.1 Å². The maximum absolute atomic E-state index is 12.4. The highest BCUT2D eigenvalue weighted by Crippen LogP contribution is 2.28. The van der Waals surface area contributed by atoms with Crippen molar-refractivity contribution in [2.75, 3.05) is 7.11 Å². The molecular formula is C27H23ClN2O3. The highest BCUT2D eigenvalue weighted by molar-refractivity contribution is 6.30. The van der Waals surface area contributed by atoms with Crippen molar-refractivity contribution in [3.05, 3.63) is 107 Å².